The Labute approximate surface area is 83.4 Å². The summed E-state index contributed by atoms with van der Waals surface area (Å²) >= 11 is 7.17. The van der Waals surface area contributed by atoms with Gasteiger partial charge in [0.2, 0.25) is 5.95 Å². The number of hydrogen-bond acceptors (Lipinski definition) is 5. The fourth-order valence-electron chi connectivity index (χ4n) is 0.862. The van der Waals surface area contributed by atoms with Crippen molar-refractivity contribution in [3.05, 3.63) is 22.8 Å². The molecular formula is C7H5ClN4S. The molecule has 13 heavy (non-hydrogen) atoms. The number of rotatable bonds is 1. The minimum absolute atomic E-state index is 0.217. The van der Waals surface area contributed by atoms with Crippen LogP contribution >= 0.6 is 22.9 Å². The second-order valence-corrected chi connectivity index (χ2v) is 3.99. The van der Waals surface area contributed by atoms with Crippen LogP contribution in [0.5, 0.6) is 0 Å². The van der Waals surface area contributed by atoms with Crippen LogP contribution in [0.15, 0.2) is 18.5 Å². The van der Waals surface area contributed by atoms with Crippen LogP contribution in [0.25, 0.3) is 10.7 Å². The smallest absolute Gasteiger partial charge is 0.223 e. The SMILES string of the molecule is Nc1ncnc(-c2ccc(Cl)s2)n1. The van der Waals surface area contributed by atoms with Crippen molar-refractivity contribution in [1.82, 2.24) is 15.0 Å². The largest absolute Gasteiger partial charge is 0.368 e. The normalized spacial score (nSPS) is 10.2. The van der Waals surface area contributed by atoms with E-state index in [2.05, 4.69) is 15.0 Å². The zero-order valence-electron chi connectivity index (χ0n) is 6.44. The lowest BCUT2D eigenvalue weighted by atomic mass is 10.4. The average Bonchev–Trinajstić information content (AvgIpc) is 2.52. The fraction of sp³-hybridized carbons (Fsp3) is 0. The number of aromatic nitrogens is 3. The first-order chi connectivity index (χ1) is 6.25. The zero-order chi connectivity index (χ0) is 9.26. The molecule has 0 bridgehead atoms. The molecule has 2 aromatic heterocycles. The van der Waals surface area contributed by atoms with Crippen LogP contribution in [0.3, 0.4) is 0 Å². The predicted molar refractivity (Wildman–Crippen MR) is 52.6 cm³/mol. The van der Waals surface area contributed by atoms with Crippen molar-refractivity contribution in [2.75, 3.05) is 5.73 Å². The van der Waals surface area contributed by atoms with E-state index in [1.54, 1.807) is 6.07 Å². The summed E-state index contributed by atoms with van der Waals surface area (Å²) in [6.07, 6.45) is 1.38. The van der Waals surface area contributed by atoms with E-state index in [-0.39, 0.29) is 5.95 Å². The second kappa shape index (κ2) is 3.27. The minimum atomic E-state index is 0.217. The van der Waals surface area contributed by atoms with Crippen LogP contribution in [0.2, 0.25) is 4.34 Å². The van der Waals surface area contributed by atoms with Crippen molar-refractivity contribution >= 4 is 28.9 Å². The molecule has 0 fully saturated rings. The zero-order valence-corrected chi connectivity index (χ0v) is 8.01. The summed E-state index contributed by atoms with van der Waals surface area (Å²) in [6.45, 7) is 0. The Hall–Kier alpha value is -1.20. The van der Waals surface area contributed by atoms with Gasteiger partial charge in [0.25, 0.3) is 0 Å². The lowest BCUT2D eigenvalue weighted by Crippen LogP contribution is -1.96. The number of hydrogen-bond donors (Lipinski definition) is 1. The maximum absolute atomic E-state index is 5.77. The molecule has 0 unspecified atom stereocenters. The third kappa shape index (κ3) is 1.76. The van der Waals surface area contributed by atoms with Gasteiger partial charge in [-0.05, 0) is 12.1 Å². The lowest BCUT2D eigenvalue weighted by Gasteiger charge is -1.94. The van der Waals surface area contributed by atoms with Crippen molar-refractivity contribution in [3.63, 3.8) is 0 Å². The van der Waals surface area contributed by atoms with Crippen LogP contribution in [0.4, 0.5) is 5.95 Å². The molecule has 66 valence electrons. The van der Waals surface area contributed by atoms with Gasteiger partial charge in [-0.2, -0.15) is 4.98 Å². The van der Waals surface area contributed by atoms with Crippen molar-refractivity contribution in [2.45, 2.75) is 0 Å². The Morgan fingerprint density at radius 2 is 2.15 bits per heavy atom. The van der Waals surface area contributed by atoms with Crippen molar-refractivity contribution in [2.24, 2.45) is 0 Å². The number of anilines is 1. The molecule has 0 amide bonds. The van der Waals surface area contributed by atoms with Gasteiger partial charge in [-0.15, -0.1) is 11.3 Å². The number of nitrogen functional groups attached to an aromatic ring is 1. The van der Waals surface area contributed by atoms with Crippen molar-refractivity contribution in [3.8, 4) is 10.7 Å². The Kier molecular flexibility index (Phi) is 2.12. The van der Waals surface area contributed by atoms with Gasteiger partial charge < -0.3 is 5.73 Å². The summed E-state index contributed by atoms with van der Waals surface area (Å²) in [6, 6.07) is 3.64. The first-order valence-electron chi connectivity index (χ1n) is 3.46. The van der Waals surface area contributed by atoms with E-state index in [1.807, 2.05) is 6.07 Å². The summed E-state index contributed by atoms with van der Waals surface area (Å²) in [4.78, 5) is 12.5. The van der Waals surface area contributed by atoms with Gasteiger partial charge in [-0.25, -0.2) is 9.97 Å². The first kappa shape index (κ1) is 8.40. The summed E-state index contributed by atoms with van der Waals surface area (Å²) in [7, 11) is 0. The molecule has 2 N–H and O–H groups in total. The van der Waals surface area contributed by atoms with Gasteiger partial charge >= 0.3 is 0 Å². The lowest BCUT2D eigenvalue weighted by molar-refractivity contribution is 1.08. The molecule has 0 saturated heterocycles. The van der Waals surface area contributed by atoms with Crippen LogP contribution in [0, 0.1) is 0 Å². The predicted octanol–water partition coefficient (Wildman–Crippen LogP) is 1.84. The Morgan fingerprint density at radius 3 is 2.77 bits per heavy atom. The maximum atomic E-state index is 5.77. The third-order valence-corrected chi connectivity index (χ3v) is 2.61. The number of nitrogens with zero attached hydrogens (tertiary/aromatic N) is 3. The molecule has 0 radical (unpaired) electrons. The van der Waals surface area contributed by atoms with E-state index in [4.69, 9.17) is 17.3 Å². The molecule has 0 atom stereocenters. The highest BCUT2D eigenvalue weighted by Gasteiger charge is 2.04. The van der Waals surface area contributed by atoms with Gasteiger partial charge in [0.15, 0.2) is 5.82 Å². The Morgan fingerprint density at radius 1 is 1.31 bits per heavy atom. The van der Waals surface area contributed by atoms with E-state index >= 15 is 0 Å². The van der Waals surface area contributed by atoms with Crippen molar-refractivity contribution < 1.29 is 0 Å². The topological polar surface area (TPSA) is 64.7 Å². The van der Waals surface area contributed by atoms with E-state index < -0.39 is 0 Å². The second-order valence-electron chi connectivity index (χ2n) is 2.27. The van der Waals surface area contributed by atoms with E-state index in [0.29, 0.717) is 10.2 Å². The third-order valence-electron chi connectivity index (χ3n) is 1.38. The van der Waals surface area contributed by atoms with E-state index in [0.717, 1.165) is 4.88 Å². The molecular weight excluding hydrogens is 208 g/mol. The summed E-state index contributed by atoms with van der Waals surface area (Å²) in [5.74, 6) is 0.777. The van der Waals surface area contributed by atoms with Crippen LogP contribution in [0.1, 0.15) is 0 Å². The fourth-order valence-corrected chi connectivity index (χ4v) is 1.85. The van der Waals surface area contributed by atoms with Gasteiger partial charge in [0.05, 0.1) is 9.21 Å². The molecule has 2 aromatic rings. The molecule has 4 nitrogen and oxygen atoms in total. The van der Waals surface area contributed by atoms with E-state index in [9.17, 15) is 0 Å². The van der Waals surface area contributed by atoms with Gasteiger partial charge in [0.1, 0.15) is 6.33 Å². The highest BCUT2D eigenvalue weighted by atomic mass is 35.5. The average molecular weight is 213 g/mol. The minimum Gasteiger partial charge on any atom is -0.368 e. The molecule has 2 rings (SSSR count). The van der Waals surface area contributed by atoms with Crippen LogP contribution in [-0.4, -0.2) is 15.0 Å². The van der Waals surface area contributed by atoms with Crippen LogP contribution in [-0.2, 0) is 0 Å². The van der Waals surface area contributed by atoms with Gasteiger partial charge in [0, 0.05) is 0 Å². The Balaban J connectivity index is 2.46. The molecule has 0 spiro atoms. The molecule has 0 saturated carbocycles. The maximum Gasteiger partial charge on any atom is 0.223 e. The number of thiophene rings is 1. The number of halogens is 1. The van der Waals surface area contributed by atoms with Gasteiger partial charge in [-0.1, -0.05) is 11.6 Å². The number of nitrogens with two attached hydrogens (primary N) is 1. The molecule has 6 heteroatoms. The molecule has 2 heterocycles. The van der Waals surface area contributed by atoms with Crippen LogP contribution < -0.4 is 5.73 Å². The Bertz CT molecular complexity index is 428. The molecule has 0 aliphatic carbocycles. The summed E-state index contributed by atoms with van der Waals surface area (Å²) in [5.41, 5.74) is 5.41. The molecule has 0 aliphatic heterocycles. The van der Waals surface area contributed by atoms with E-state index in [1.165, 1.54) is 17.7 Å². The molecule has 0 aromatic carbocycles. The first-order valence-corrected chi connectivity index (χ1v) is 4.65. The highest BCUT2D eigenvalue weighted by Crippen LogP contribution is 2.28. The quantitative estimate of drug-likeness (QED) is 0.784. The molecule has 0 aliphatic rings. The van der Waals surface area contributed by atoms with Gasteiger partial charge in [-0.3, -0.25) is 0 Å². The highest BCUT2D eigenvalue weighted by molar-refractivity contribution is 7.19. The summed E-state index contributed by atoms with van der Waals surface area (Å²) < 4.78 is 0.703. The standard InChI is InChI=1S/C7H5ClN4S/c8-5-2-1-4(13-5)6-10-3-11-7(9)12-6/h1-3H,(H2,9,10,11,12). The summed E-state index contributed by atoms with van der Waals surface area (Å²) in [5, 5.41) is 0. The van der Waals surface area contributed by atoms with Crippen molar-refractivity contribution in [1.29, 1.82) is 0 Å². The monoisotopic (exact) mass is 212 g/mol.